The Kier molecular flexibility index (Phi) is 6.31. The molecule has 1 aromatic carbocycles. The van der Waals surface area contributed by atoms with Gasteiger partial charge in [0.25, 0.3) is 5.91 Å². The fourth-order valence-corrected chi connectivity index (χ4v) is 2.65. The zero-order valence-electron chi connectivity index (χ0n) is 14.2. The van der Waals surface area contributed by atoms with Crippen LogP contribution in [0.15, 0.2) is 24.3 Å². The molecule has 0 saturated carbocycles. The molecule has 1 fully saturated rings. The third kappa shape index (κ3) is 5.06. The zero-order valence-corrected chi connectivity index (χ0v) is 14.2. The van der Waals surface area contributed by atoms with Crippen LogP contribution >= 0.6 is 0 Å². The van der Waals surface area contributed by atoms with Gasteiger partial charge in [0, 0.05) is 31.4 Å². The molecule has 130 valence electrons. The maximum Gasteiger partial charge on any atom is 0.251 e. The second-order valence-electron chi connectivity index (χ2n) is 5.96. The summed E-state index contributed by atoms with van der Waals surface area (Å²) < 4.78 is 0. The molecule has 3 amide bonds. The maximum absolute atomic E-state index is 12.0. The molecule has 0 unspecified atom stereocenters. The summed E-state index contributed by atoms with van der Waals surface area (Å²) in [4.78, 5) is 39.1. The van der Waals surface area contributed by atoms with Crippen LogP contribution in [0.3, 0.4) is 0 Å². The van der Waals surface area contributed by atoms with E-state index in [9.17, 15) is 14.4 Å². The zero-order chi connectivity index (χ0) is 17.5. The van der Waals surface area contributed by atoms with Crippen molar-refractivity contribution in [2.24, 2.45) is 0 Å². The van der Waals surface area contributed by atoms with Gasteiger partial charge in [-0.05, 0) is 44.2 Å². The third-order valence-corrected chi connectivity index (χ3v) is 3.94. The summed E-state index contributed by atoms with van der Waals surface area (Å²) in [5.74, 6) is -0.301. The average molecular weight is 332 g/mol. The van der Waals surface area contributed by atoms with Crippen molar-refractivity contribution in [1.29, 1.82) is 0 Å². The summed E-state index contributed by atoms with van der Waals surface area (Å²) in [5.41, 5.74) is 1.15. The minimum atomic E-state index is -0.195. The number of likely N-dealkylation sites (tertiary alicyclic amines) is 1. The fourth-order valence-electron chi connectivity index (χ4n) is 2.65. The van der Waals surface area contributed by atoms with Gasteiger partial charge in [0.2, 0.25) is 11.8 Å². The predicted octanol–water partition coefficient (Wildman–Crippen LogP) is 0.539. The molecule has 2 rings (SSSR count). The highest BCUT2D eigenvalue weighted by Gasteiger charge is 2.19. The first kappa shape index (κ1) is 17.9. The number of nitrogens with zero attached hydrogens (tertiary/aromatic N) is 2. The molecule has 0 aliphatic carbocycles. The van der Waals surface area contributed by atoms with Crippen LogP contribution in [0.5, 0.6) is 0 Å². The summed E-state index contributed by atoms with van der Waals surface area (Å²) >= 11 is 0. The molecule has 1 aromatic rings. The molecular formula is C17H24N4O3. The van der Waals surface area contributed by atoms with E-state index in [0.29, 0.717) is 11.3 Å². The Morgan fingerprint density at radius 1 is 1.08 bits per heavy atom. The van der Waals surface area contributed by atoms with Crippen molar-refractivity contribution in [3.63, 3.8) is 0 Å². The number of nitrogens with one attached hydrogen (secondary N) is 2. The largest absolute Gasteiger partial charge is 0.355 e. The van der Waals surface area contributed by atoms with Gasteiger partial charge in [-0.2, -0.15) is 0 Å². The summed E-state index contributed by atoms with van der Waals surface area (Å²) in [6.45, 7) is 2.01. The van der Waals surface area contributed by atoms with Crippen LogP contribution in [0.25, 0.3) is 0 Å². The lowest BCUT2D eigenvalue weighted by Gasteiger charge is -2.20. The predicted molar refractivity (Wildman–Crippen MR) is 91.8 cm³/mol. The summed E-state index contributed by atoms with van der Waals surface area (Å²) in [5, 5.41) is 5.30. The van der Waals surface area contributed by atoms with Crippen molar-refractivity contribution in [2.45, 2.75) is 12.8 Å². The van der Waals surface area contributed by atoms with Gasteiger partial charge >= 0.3 is 0 Å². The number of amides is 3. The van der Waals surface area contributed by atoms with E-state index in [1.54, 1.807) is 43.3 Å². The molecule has 7 heteroatoms. The second-order valence-corrected chi connectivity index (χ2v) is 5.96. The monoisotopic (exact) mass is 332 g/mol. The molecule has 0 spiro atoms. The van der Waals surface area contributed by atoms with Crippen LogP contribution < -0.4 is 10.6 Å². The number of likely N-dealkylation sites (N-methyl/N-ethyl adjacent to an activating group) is 1. The van der Waals surface area contributed by atoms with Crippen molar-refractivity contribution >= 4 is 23.4 Å². The van der Waals surface area contributed by atoms with Crippen molar-refractivity contribution in [3.8, 4) is 0 Å². The number of benzene rings is 1. The van der Waals surface area contributed by atoms with Crippen LogP contribution in [0.1, 0.15) is 23.2 Å². The van der Waals surface area contributed by atoms with Crippen molar-refractivity contribution < 1.29 is 14.4 Å². The molecule has 0 atom stereocenters. The van der Waals surface area contributed by atoms with Crippen molar-refractivity contribution in [3.05, 3.63) is 29.8 Å². The number of carbonyl (C=O) groups excluding carboxylic acids is 3. The molecule has 0 aromatic heterocycles. The lowest BCUT2D eigenvalue weighted by Crippen LogP contribution is -2.40. The molecule has 24 heavy (non-hydrogen) atoms. The molecule has 0 radical (unpaired) electrons. The van der Waals surface area contributed by atoms with E-state index in [-0.39, 0.29) is 30.8 Å². The molecular weight excluding hydrogens is 308 g/mol. The number of carbonyl (C=O) groups is 3. The Morgan fingerprint density at radius 2 is 1.71 bits per heavy atom. The molecule has 1 heterocycles. The quantitative estimate of drug-likeness (QED) is 0.797. The van der Waals surface area contributed by atoms with E-state index in [1.807, 2.05) is 4.90 Å². The van der Waals surface area contributed by atoms with Gasteiger partial charge in [-0.15, -0.1) is 0 Å². The molecule has 1 aliphatic heterocycles. The fraction of sp³-hybridized carbons (Fsp3) is 0.471. The second kappa shape index (κ2) is 8.44. The SMILES string of the molecule is CNC(=O)c1ccc(NC(=O)CN(C)CC(=O)N2CCCC2)cc1. The molecule has 7 nitrogen and oxygen atoms in total. The highest BCUT2D eigenvalue weighted by atomic mass is 16.2. The normalized spacial score (nSPS) is 13.9. The Hall–Kier alpha value is -2.41. The van der Waals surface area contributed by atoms with Crippen molar-refractivity contribution in [1.82, 2.24) is 15.1 Å². The van der Waals surface area contributed by atoms with Gasteiger partial charge < -0.3 is 15.5 Å². The van der Waals surface area contributed by atoms with E-state index < -0.39 is 0 Å². The Morgan fingerprint density at radius 3 is 2.29 bits per heavy atom. The summed E-state index contributed by atoms with van der Waals surface area (Å²) in [7, 11) is 3.32. The van der Waals surface area contributed by atoms with Crippen LogP contribution in [0.2, 0.25) is 0 Å². The van der Waals surface area contributed by atoms with E-state index in [4.69, 9.17) is 0 Å². The van der Waals surface area contributed by atoms with E-state index in [1.165, 1.54) is 0 Å². The smallest absolute Gasteiger partial charge is 0.251 e. The molecule has 0 bridgehead atoms. The lowest BCUT2D eigenvalue weighted by molar-refractivity contribution is -0.131. The van der Waals surface area contributed by atoms with Gasteiger partial charge in [0.1, 0.15) is 0 Å². The number of hydrogen-bond donors (Lipinski definition) is 2. The maximum atomic E-state index is 12.0. The van der Waals surface area contributed by atoms with Gasteiger partial charge in [0.15, 0.2) is 0 Å². The minimum absolute atomic E-state index is 0.0673. The number of rotatable bonds is 6. The Bertz CT molecular complexity index is 594. The van der Waals surface area contributed by atoms with Crippen LogP contribution in [0.4, 0.5) is 5.69 Å². The van der Waals surface area contributed by atoms with Gasteiger partial charge in [0.05, 0.1) is 13.1 Å². The minimum Gasteiger partial charge on any atom is -0.355 e. The van der Waals surface area contributed by atoms with Gasteiger partial charge in [-0.3, -0.25) is 19.3 Å². The lowest BCUT2D eigenvalue weighted by atomic mass is 10.2. The number of anilines is 1. The first-order valence-corrected chi connectivity index (χ1v) is 8.08. The topological polar surface area (TPSA) is 81.8 Å². The standard InChI is InChI=1S/C17H24N4O3/c1-18-17(24)13-5-7-14(8-6-13)19-15(22)11-20(2)12-16(23)21-9-3-4-10-21/h5-8H,3-4,9-12H2,1-2H3,(H,18,24)(H,19,22). The molecule has 1 aliphatic rings. The highest BCUT2D eigenvalue weighted by molar-refractivity contribution is 5.96. The first-order valence-electron chi connectivity index (χ1n) is 8.08. The van der Waals surface area contributed by atoms with E-state index in [0.717, 1.165) is 25.9 Å². The molecule has 2 N–H and O–H groups in total. The third-order valence-electron chi connectivity index (χ3n) is 3.94. The van der Waals surface area contributed by atoms with Gasteiger partial charge in [-0.1, -0.05) is 0 Å². The Labute approximate surface area is 142 Å². The van der Waals surface area contributed by atoms with Gasteiger partial charge in [-0.25, -0.2) is 0 Å². The first-order chi connectivity index (χ1) is 11.5. The van der Waals surface area contributed by atoms with Crippen LogP contribution in [-0.2, 0) is 9.59 Å². The van der Waals surface area contributed by atoms with Crippen LogP contribution in [-0.4, -0.2) is 67.8 Å². The van der Waals surface area contributed by atoms with Crippen LogP contribution in [0, 0.1) is 0 Å². The van der Waals surface area contributed by atoms with E-state index >= 15 is 0 Å². The summed E-state index contributed by atoms with van der Waals surface area (Å²) in [6, 6.07) is 6.65. The van der Waals surface area contributed by atoms with Crippen molar-refractivity contribution in [2.75, 3.05) is 45.6 Å². The number of hydrogen-bond acceptors (Lipinski definition) is 4. The van der Waals surface area contributed by atoms with E-state index in [2.05, 4.69) is 10.6 Å². The molecule has 1 saturated heterocycles. The Balaban J connectivity index is 1.79. The highest BCUT2D eigenvalue weighted by Crippen LogP contribution is 2.10. The summed E-state index contributed by atoms with van der Waals surface area (Å²) in [6.07, 6.45) is 2.12. The average Bonchev–Trinajstić information content (AvgIpc) is 3.09.